The third-order valence-electron chi connectivity index (χ3n) is 3.34. The lowest BCUT2D eigenvalue weighted by Crippen LogP contribution is -2.29. The van der Waals surface area contributed by atoms with Gasteiger partial charge < -0.3 is 9.64 Å². The third-order valence-corrected chi connectivity index (χ3v) is 3.34. The van der Waals surface area contributed by atoms with Crippen molar-refractivity contribution in [3.63, 3.8) is 0 Å². The maximum atomic E-state index is 14.2. The fourth-order valence-electron chi connectivity index (χ4n) is 2.24. The zero-order valence-electron chi connectivity index (χ0n) is 11.9. The molecule has 0 saturated carbocycles. The van der Waals surface area contributed by atoms with E-state index >= 15 is 0 Å². The zero-order chi connectivity index (χ0) is 15.6. The van der Waals surface area contributed by atoms with Gasteiger partial charge in [0.25, 0.3) is 6.43 Å². The van der Waals surface area contributed by atoms with Gasteiger partial charge in [-0.15, -0.1) is 0 Å². The quantitative estimate of drug-likeness (QED) is 0.825. The fraction of sp³-hybridized carbons (Fsp3) is 0.250. The van der Waals surface area contributed by atoms with E-state index in [-0.39, 0.29) is 5.56 Å². The van der Waals surface area contributed by atoms with Crippen LogP contribution in [-0.4, -0.2) is 25.0 Å². The van der Waals surface area contributed by atoms with Crippen molar-refractivity contribution in [3.05, 3.63) is 59.6 Å². The molecule has 1 aromatic rings. The minimum absolute atomic E-state index is 0.158. The predicted molar refractivity (Wildman–Crippen MR) is 76.5 cm³/mol. The van der Waals surface area contributed by atoms with E-state index in [9.17, 15) is 13.2 Å². The zero-order valence-corrected chi connectivity index (χ0v) is 11.9. The lowest BCUT2D eigenvalue weighted by molar-refractivity contribution is 0.123. The summed E-state index contributed by atoms with van der Waals surface area (Å²) in [6.07, 6.45) is 0.771. The van der Waals surface area contributed by atoms with Crippen LogP contribution in [0.1, 0.15) is 12.5 Å². The van der Waals surface area contributed by atoms with E-state index < -0.39 is 18.8 Å². The van der Waals surface area contributed by atoms with Gasteiger partial charge in [0, 0.05) is 5.70 Å². The third kappa shape index (κ3) is 2.96. The second-order valence-electron chi connectivity index (χ2n) is 4.67. The highest BCUT2D eigenvalue weighted by Crippen LogP contribution is 2.36. The van der Waals surface area contributed by atoms with E-state index in [1.807, 2.05) is 0 Å². The van der Waals surface area contributed by atoms with Crippen molar-refractivity contribution in [2.45, 2.75) is 13.3 Å². The fourth-order valence-corrected chi connectivity index (χ4v) is 2.24. The van der Waals surface area contributed by atoms with Crippen molar-refractivity contribution in [1.29, 1.82) is 0 Å². The van der Waals surface area contributed by atoms with Crippen LogP contribution in [0.5, 0.6) is 5.75 Å². The molecule has 1 aromatic carbocycles. The normalized spacial score (nSPS) is 15.1. The Labute approximate surface area is 121 Å². The summed E-state index contributed by atoms with van der Waals surface area (Å²) in [6, 6.07) is 4.37. The number of hydrogen-bond donors (Lipinski definition) is 0. The SMILES string of the molecule is C=C1C(C)=CC=C(c2c(F)cccc2OC)N1CC(F)F. The number of benzene rings is 1. The summed E-state index contributed by atoms with van der Waals surface area (Å²) in [6.45, 7) is 5.03. The van der Waals surface area contributed by atoms with Gasteiger partial charge >= 0.3 is 0 Å². The highest BCUT2D eigenvalue weighted by molar-refractivity contribution is 5.74. The summed E-state index contributed by atoms with van der Waals surface area (Å²) in [5.74, 6) is -0.234. The Bertz CT molecular complexity index is 620. The monoisotopic (exact) mass is 295 g/mol. The van der Waals surface area contributed by atoms with Crippen molar-refractivity contribution >= 4 is 5.70 Å². The number of alkyl halides is 2. The molecular formula is C16H16F3NO. The van der Waals surface area contributed by atoms with Crippen molar-refractivity contribution in [3.8, 4) is 5.75 Å². The van der Waals surface area contributed by atoms with E-state index in [0.29, 0.717) is 17.1 Å². The molecule has 0 fully saturated rings. The van der Waals surface area contributed by atoms with Gasteiger partial charge in [-0.3, -0.25) is 0 Å². The van der Waals surface area contributed by atoms with Gasteiger partial charge in [-0.1, -0.05) is 18.7 Å². The molecule has 0 aliphatic carbocycles. The molecule has 1 aliphatic rings. The molecular weight excluding hydrogens is 279 g/mol. The first-order valence-electron chi connectivity index (χ1n) is 6.42. The van der Waals surface area contributed by atoms with Gasteiger partial charge in [0.15, 0.2) is 0 Å². The molecule has 0 aromatic heterocycles. The van der Waals surface area contributed by atoms with Crippen LogP contribution >= 0.6 is 0 Å². The van der Waals surface area contributed by atoms with Crippen LogP contribution in [0.25, 0.3) is 5.70 Å². The molecule has 0 unspecified atom stereocenters. The van der Waals surface area contributed by atoms with Gasteiger partial charge in [-0.2, -0.15) is 0 Å². The molecule has 0 radical (unpaired) electrons. The van der Waals surface area contributed by atoms with Crippen LogP contribution in [0.3, 0.4) is 0 Å². The summed E-state index contributed by atoms with van der Waals surface area (Å²) < 4.78 is 45.0. The van der Waals surface area contributed by atoms with E-state index in [0.717, 1.165) is 5.57 Å². The summed E-state index contributed by atoms with van der Waals surface area (Å²) in [5, 5.41) is 0. The standard InChI is InChI=1S/C16H16F3NO/c1-10-7-8-13(20(11(10)2)9-15(18)19)16-12(17)5-4-6-14(16)21-3/h4-8,15H,2,9H2,1,3H3. The van der Waals surface area contributed by atoms with Crippen LogP contribution in [0.4, 0.5) is 13.2 Å². The van der Waals surface area contributed by atoms with Gasteiger partial charge in [0.1, 0.15) is 11.6 Å². The Morgan fingerprint density at radius 2 is 2.00 bits per heavy atom. The molecule has 1 heterocycles. The number of methoxy groups -OCH3 is 1. The van der Waals surface area contributed by atoms with E-state index in [4.69, 9.17) is 4.74 Å². The topological polar surface area (TPSA) is 12.5 Å². The number of hydrogen-bond acceptors (Lipinski definition) is 2. The smallest absolute Gasteiger partial charge is 0.256 e. The van der Waals surface area contributed by atoms with Gasteiger partial charge in [0.05, 0.1) is 24.9 Å². The second-order valence-corrected chi connectivity index (χ2v) is 4.67. The van der Waals surface area contributed by atoms with Crippen LogP contribution in [0.2, 0.25) is 0 Å². The predicted octanol–water partition coefficient (Wildman–Crippen LogP) is 4.22. The average molecular weight is 295 g/mol. The first kappa shape index (κ1) is 15.2. The summed E-state index contributed by atoms with van der Waals surface area (Å²) >= 11 is 0. The lowest BCUT2D eigenvalue weighted by Gasteiger charge is -2.32. The molecule has 0 atom stereocenters. The molecule has 0 bridgehead atoms. The summed E-state index contributed by atoms with van der Waals surface area (Å²) in [4.78, 5) is 1.32. The maximum absolute atomic E-state index is 14.2. The van der Waals surface area contributed by atoms with Crippen LogP contribution in [0, 0.1) is 5.82 Å². The number of rotatable bonds is 4. The van der Waals surface area contributed by atoms with Gasteiger partial charge in [-0.05, 0) is 30.7 Å². The highest BCUT2D eigenvalue weighted by Gasteiger charge is 2.26. The highest BCUT2D eigenvalue weighted by atomic mass is 19.3. The Kier molecular flexibility index (Phi) is 4.40. The summed E-state index contributed by atoms with van der Waals surface area (Å²) in [7, 11) is 1.41. The number of allylic oxidation sites excluding steroid dienone is 3. The molecule has 5 heteroatoms. The van der Waals surface area contributed by atoms with Crippen LogP contribution in [0.15, 0.2) is 48.2 Å². The average Bonchev–Trinajstić information content (AvgIpc) is 2.44. The van der Waals surface area contributed by atoms with Crippen molar-refractivity contribution in [2.24, 2.45) is 0 Å². The Morgan fingerprint density at radius 3 is 2.62 bits per heavy atom. The Hall–Kier alpha value is -2.17. The van der Waals surface area contributed by atoms with Gasteiger partial charge in [0.2, 0.25) is 0 Å². The molecule has 2 nitrogen and oxygen atoms in total. The second kappa shape index (κ2) is 6.08. The van der Waals surface area contributed by atoms with Crippen LogP contribution in [-0.2, 0) is 0 Å². The van der Waals surface area contributed by atoms with E-state index in [2.05, 4.69) is 6.58 Å². The number of halogens is 3. The van der Waals surface area contributed by atoms with Crippen molar-refractivity contribution in [2.75, 3.05) is 13.7 Å². The number of nitrogens with zero attached hydrogens (tertiary/aromatic N) is 1. The maximum Gasteiger partial charge on any atom is 0.256 e. The largest absolute Gasteiger partial charge is 0.496 e. The minimum atomic E-state index is -2.56. The molecule has 0 amide bonds. The molecule has 0 saturated heterocycles. The first-order valence-corrected chi connectivity index (χ1v) is 6.42. The minimum Gasteiger partial charge on any atom is -0.496 e. The lowest BCUT2D eigenvalue weighted by atomic mass is 10.0. The van der Waals surface area contributed by atoms with E-state index in [1.165, 1.54) is 24.1 Å². The molecule has 112 valence electrons. The molecule has 2 rings (SSSR count). The number of ether oxygens (including phenoxy) is 1. The Morgan fingerprint density at radius 1 is 1.29 bits per heavy atom. The molecule has 1 aliphatic heterocycles. The molecule has 21 heavy (non-hydrogen) atoms. The van der Waals surface area contributed by atoms with Gasteiger partial charge in [-0.25, -0.2) is 13.2 Å². The summed E-state index contributed by atoms with van der Waals surface area (Å²) in [5.41, 5.74) is 1.67. The van der Waals surface area contributed by atoms with Crippen LogP contribution < -0.4 is 4.74 Å². The van der Waals surface area contributed by atoms with Crippen molar-refractivity contribution in [1.82, 2.24) is 4.90 Å². The first-order chi connectivity index (χ1) is 9.95. The Balaban J connectivity index is 2.56. The van der Waals surface area contributed by atoms with Crippen molar-refractivity contribution < 1.29 is 17.9 Å². The van der Waals surface area contributed by atoms with E-state index in [1.54, 1.807) is 25.1 Å². The molecule has 0 N–H and O–H groups in total. The molecule has 0 spiro atoms.